The van der Waals surface area contributed by atoms with Gasteiger partial charge in [-0.3, -0.25) is 0 Å². The van der Waals surface area contributed by atoms with E-state index in [1.54, 1.807) is 26.0 Å². The quantitative estimate of drug-likeness (QED) is 0.489. The summed E-state index contributed by atoms with van der Waals surface area (Å²) in [6.45, 7) is 9.35. The number of cyclic esters (lactones) is 1. The zero-order chi connectivity index (χ0) is 22.9. The SMILES string of the molecule is CC1(C)OC(=O)c2c(OCCF)ccc(/C=C\B3OC4CC5CC(C5(C)C)[C@]4(C)O3)c2O1. The van der Waals surface area contributed by atoms with Crippen LogP contribution in [-0.2, 0) is 14.0 Å². The van der Waals surface area contributed by atoms with Crippen LogP contribution in [-0.4, -0.2) is 43.9 Å². The molecular formula is C24H30BFO6. The van der Waals surface area contributed by atoms with E-state index in [0.29, 0.717) is 23.1 Å². The highest BCUT2D eigenvalue weighted by Gasteiger charge is 2.67. The van der Waals surface area contributed by atoms with Crippen molar-refractivity contribution >= 4 is 19.2 Å². The van der Waals surface area contributed by atoms with Crippen molar-refractivity contribution in [3.8, 4) is 11.5 Å². The summed E-state index contributed by atoms with van der Waals surface area (Å²) in [4.78, 5) is 12.7. The fourth-order valence-corrected chi connectivity index (χ4v) is 5.99. The fourth-order valence-electron chi connectivity index (χ4n) is 5.99. The molecule has 0 N–H and O–H groups in total. The minimum absolute atomic E-state index is 0.0875. The van der Waals surface area contributed by atoms with Gasteiger partial charge in [-0.1, -0.05) is 25.9 Å². The summed E-state index contributed by atoms with van der Waals surface area (Å²) in [5, 5.41) is 0. The molecule has 1 aromatic carbocycles. The maximum Gasteiger partial charge on any atom is 0.486 e. The predicted octanol–water partition coefficient (Wildman–Crippen LogP) is 4.60. The van der Waals surface area contributed by atoms with Crippen LogP contribution in [0.5, 0.6) is 11.5 Å². The summed E-state index contributed by atoms with van der Waals surface area (Å²) in [6.07, 6.45) is 4.14. The Morgan fingerprint density at radius 2 is 1.97 bits per heavy atom. The third-order valence-electron chi connectivity index (χ3n) is 7.78. The first-order valence-electron chi connectivity index (χ1n) is 11.3. The van der Waals surface area contributed by atoms with Crippen LogP contribution in [0.4, 0.5) is 4.39 Å². The number of carbonyl (C=O) groups is 1. The van der Waals surface area contributed by atoms with E-state index in [0.717, 1.165) is 6.42 Å². The third-order valence-corrected chi connectivity index (χ3v) is 7.78. The smallest absolute Gasteiger partial charge is 0.486 e. The Balaban J connectivity index is 1.41. The summed E-state index contributed by atoms with van der Waals surface area (Å²) >= 11 is 0. The van der Waals surface area contributed by atoms with Gasteiger partial charge in [-0.25, -0.2) is 9.18 Å². The number of fused-ring (bicyclic) bond motifs is 1. The van der Waals surface area contributed by atoms with E-state index in [-0.39, 0.29) is 35.0 Å². The molecule has 5 aliphatic rings. The van der Waals surface area contributed by atoms with Crippen LogP contribution in [0.25, 0.3) is 6.08 Å². The second kappa shape index (κ2) is 7.22. The molecule has 0 amide bonds. The molecule has 3 aliphatic carbocycles. The first kappa shape index (κ1) is 21.8. The number of benzene rings is 1. The van der Waals surface area contributed by atoms with Gasteiger partial charge in [0.2, 0.25) is 5.79 Å². The predicted molar refractivity (Wildman–Crippen MR) is 117 cm³/mol. The maximum atomic E-state index is 12.7. The average Bonchev–Trinajstić information content (AvgIpc) is 3.05. The van der Waals surface area contributed by atoms with Crippen LogP contribution in [0.15, 0.2) is 18.1 Å². The molecule has 1 saturated heterocycles. The highest BCUT2D eigenvalue weighted by atomic mass is 19.1. The van der Waals surface area contributed by atoms with Crippen molar-refractivity contribution in [1.82, 2.24) is 0 Å². The molecule has 1 aromatic rings. The van der Waals surface area contributed by atoms with E-state index in [1.807, 2.05) is 12.1 Å². The van der Waals surface area contributed by atoms with Crippen molar-refractivity contribution in [2.24, 2.45) is 17.3 Å². The maximum absolute atomic E-state index is 12.7. The van der Waals surface area contributed by atoms with Crippen molar-refractivity contribution in [2.75, 3.05) is 13.3 Å². The van der Waals surface area contributed by atoms with Gasteiger partial charge in [0.1, 0.15) is 30.3 Å². The third kappa shape index (κ3) is 3.26. The number of hydrogen-bond acceptors (Lipinski definition) is 6. The number of ether oxygens (including phenoxy) is 3. The van der Waals surface area contributed by atoms with Crippen molar-refractivity contribution in [3.63, 3.8) is 0 Å². The second-order valence-electron chi connectivity index (χ2n) is 10.5. The molecule has 3 saturated carbocycles. The lowest BCUT2D eigenvalue weighted by molar-refractivity contribution is -0.199. The Hall–Kier alpha value is -2.06. The molecule has 2 heterocycles. The summed E-state index contributed by atoms with van der Waals surface area (Å²) in [5.41, 5.74) is 0.825. The molecule has 2 bridgehead atoms. The molecular weight excluding hydrogens is 414 g/mol. The van der Waals surface area contributed by atoms with Gasteiger partial charge in [-0.2, -0.15) is 0 Å². The molecule has 4 atom stereocenters. The van der Waals surface area contributed by atoms with Crippen LogP contribution in [0, 0.1) is 17.3 Å². The molecule has 3 unspecified atom stereocenters. The summed E-state index contributed by atoms with van der Waals surface area (Å²) < 4.78 is 42.1. The van der Waals surface area contributed by atoms with E-state index in [9.17, 15) is 9.18 Å². The molecule has 0 spiro atoms. The molecule has 32 heavy (non-hydrogen) atoms. The van der Waals surface area contributed by atoms with Crippen molar-refractivity contribution in [2.45, 2.75) is 65.0 Å². The molecule has 0 radical (unpaired) electrons. The first-order chi connectivity index (χ1) is 15.0. The van der Waals surface area contributed by atoms with Gasteiger partial charge < -0.3 is 23.5 Å². The number of alkyl halides is 1. The van der Waals surface area contributed by atoms with Crippen molar-refractivity contribution in [3.05, 3.63) is 29.2 Å². The van der Waals surface area contributed by atoms with Crippen LogP contribution >= 0.6 is 0 Å². The second-order valence-corrected chi connectivity index (χ2v) is 10.5. The lowest BCUT2D eigenvalue weighted by atomic mass is 9.43. The van der Waals surface area contributed by atoms with Crippen LogP contribution in [0.3, 0.4) is 0 Å². The number of hydrogen-bond donors (Lipinski definition) is 0. The highest BCUT2D eigenvalue weighted by Crippen LogP contribution is 2.65. The zero-order valence-corrected chi connectivity index (χ0v) is 19.3. The Morgan fingerprint density at radius 1 is 1.19 bits per heavy atom. The van der Waals surface area contributed by atoms with Gasteiger partial charge in [-0.05, 0) is 49.1 Å². The number of rotatable bonds is 5. The lowest BCUT2D eigenvalue weighted by Crippen LogP contribution is -2.65. The largest absolute Gasteiger partial charge is 0.490 e. The Bertz CT molecular complexity index is 975. The normalized spacial score (nSPS) is 33.8. The Kier molecular flexibility index (Phi) is 4.91. The van der Waals surface area contributed by atoms with Crippen LogP contribution in [0.1, 0.15) is 63.4 Å². The zero-order valence-electron chi connectivity index (χ0n) is 19.3. The molecule has 8 heteroatoms. The minimum Gasteiger partial charge on any atom is -0.490 e. The van der Waals surface area contributed by atoms with Crippen LogP contribution < -0.4 is 9.47 Å². The van der Waals surface area contributed by atoms with Gasteiger partial charge >= 0.3 is 13.1 Å². The van der Waals surface area contributed by atoms with E-state index < -0.39 is 25.5 Å². The highest BCUT2D eigenvalue weighted by molar-refractivity contribution is 6.52. The topological polar surface area (TPSA) is 63.2 Å². The van der Waals surface area contributed by atoms with E-state index >= 15 is 0 Å². The standard InChI is InChI=1S/C24H30BFO6/c1-22(2)15-12-17(22)24(5)18(13-15)31-25(32-24)9-8-14-6-7-16(28-11-10-26)19-20(14)29-23(3,4)30-21(19)27/h6-9,15,17-18H,10-13H2,1-5H3/b9-8-/t15?,17?,18?,24-/m0/s1. The van der Waals surface area contributed by atoms with Crippen molar-refractivity contribution in [1.29, 1.82) is 0 Å². The van der Waals surface area contributed by atoms with Gasteiger partial charge in [0.25, 0.3) is 0 Å². The fraction of sp³-hybridized carbons (Fsp3) is 0.625. The average molecular weight is 444 g/mol. The number of carbonyl (C=O) groups excluding carboxylic acids is 1. The number of esters is 1. The molecule has 2 aliphatic heterocycles. The van der Waals surface area contributed by atoms with Gasteiger partial charge in [-0.15, -0.1) is 0 Å². The number of halogens is 1. The monoisotopic (exact) mass is 444 g/mol. The molecule has 4 fully saturated rings. The lowest BCUT2D eigenvalue weighted by Gasteiger charge is -2.64. The van der Waals surface area contributed by atoms with Gasteiger partial charge in [0.15, 0.2) is 0 Å². The molecule has 6 rings (SSSR count). The van der Waals surface area contributed by atoms with Gasteiger partial charge in [0.05, 0.1) is 11.7 Å². The Labute approximate surface area is 188 Å². The van der Waals surface area contributed by atoms with Crippen molar-refractivity contribution < 1.29 is 32.7 Å². The molecule has 0 aromatic heterocycles. The van der Waals surface area contributed by atoms with E-state index in [4.69, 9.17) is 23.5 Å². The van der Waals surface area contributed by atoms with E-state index in [2.05, 4.69) is 20.8 Å². The van der Waals surface area contributed by atoms with Gasteiger partial charge in [0, 0.05) is 19.4 Å². The Morgan fingerprint density at radius 3 is 2.69 bits per heavy atom. The van der Waals surface area contributed by atoms with Crippen LogP contribution in [0.2, 0.25) is 0 Å². The summed E-state index contributed by atoms with van der Waals surface area (Å²) in [6, 6.07) is 3.41. The minimum atomic E-state index is -1.12. The summed E-state index contributed by atoms with van der Waals surface area (Å²) in [7, 11) is -0.471. The van der Waals surface area contributed by atoms with E-state index in [1.165, 1.54) is 6.42 Å². The summed E-state index contributed by atoms with van der Waals surface area (Å²) in [5.74, 6) is 1.93. The first-order valence-corrected chi connectivity index (χ1v) is 11.3. The molecule has 6 nitrogen and oxygen atoms in total. The molecule has 172 valence electrons.